The number of hydrogen-bond donors (Lipinski definition) is 3. The lowest BCUT2D eigenvalue weighted by molar-refractivity contribution is 0.102. The van der Waals surface area contributed by atoms with Gasteiger partial charge in [-0.25, -0.2) is 4.39 Å². The highest BCUT2D eigenvalue weighted by Gasteiger charge is 2.14. The Morgan fingerprint density at radius 3 is 2.96 bits per heavy atom. The predicted octanol–water partition coefficient (Wildman–Crippen LogP) is 3.39. The summed E-state index contributed by atoms with van der Waals surface area (Å²) in [5.41, 5.74) is 3.02. The molecule has 0 radical (unpaired) electrons. The third kappa shape index (κ3) is 2.30. The molecule has 0 aliphatic rings. The van der Waals surface area contributed by atoms with E-state index in [0.29, 0.717) is 22.3 Å². The lowest BCUT2D eigenvalue weighted by atomic mass is 10.0. The number of amides is 1. The molecule has 0 atom stereocenters. The SMILES string of the molecule is CCc1cc(C(=O)Nc2n[nH]c3cc(F)ccc23)cc2cn[nH]c12. The van der Waals surface area contributed by atoms with Gasteiger partial charge in [0.2, 0.25) is 0 Å². The van der Waals surface area contributed by atoms with Gasteiger partial charge < -0.3 is 5.32 Å². The molecule has 24 heavy (non-hydrogen) atoms. The Morgan fingerprint density at radius 1 is 1.25 bits per heavy atom. The van der Waals surface area contributed by atoms with Crippen LogP contribution in [0, 0.1) is 5.82 Å². The van der Waals surface area contributed by atoms with Crippen LogP contribution >= 0.6 is 0 Å². The molecule has 0 saturated heterocycles. The number of aromatic amines is 2. The van der Waals surface area contributed by atoms with E-state index in [4.69, 9.17) is 0 Å². The minimum absolute atomic E-state index is 0.273. The number of aryl methyl sites for hydroxylation is 1. The number of H-pyrrole nitrogens is 2. The van der Waals surface area contributed by atoms with Crippen LogP contribution in [0.15, 0.2) is 36.5 Å². The van der Waals surface area contributed by atoms with E-state index in [9.17, 15) is 9.18 Å². The molecule has 0 aliphatic carbocycles. The maximum absolute atomic E-state index is 13.2. The van der Waals surface area contributed by atoms with Gasteiger partial charge in [-0.05, 0) is 42.3 Å². The predicted molar refractivity (Wildman–Crippen MR) is 89.5 cm³/mol. The van der Waals surface area contributed by atoms with Crippen LogP contribution < -0.4 is 5.32 Å². The molecule has 120 valence electrons. The Balaban J connectivity index is 1.70. The highest BCUT2D eigenvalue weighted by Crippen LogP contribution is 2.23. The van der Waals surface area contributed by atoms with Gasteiger partial charge in [0.05, 0.1) is 17.2 Å². The molecule has 7 heteroatoms. The van der Waals surface area contributed by atoms with Crippen LogP contribution in [0.25, 0.3) is 21.8 Å². The van der Waals surface area contributed by atoms with Crippen LogP contribution in [-0.2, 0) is 6.42 Å². The molecule has 2 aromatic carbocycles. The second-order valence-corrected chi connectivity index (χ2v) is 5.54. The number of nitrogens with zero attached hydrogens (tertiary/aromatic N) is 2. The highest BCUT2D eigenvalue weighted by atomic mass is 19.1. The van der Waals surface area contributed by atoms with Crippen molar-refractivity contribution in [1.82, 2.24) is 20.4 Å². The number of anilines is 1. The fraction of sp³-hybridized carbons (Fsp3) is 0.118. The van der Waals surface area contributed by atoms with Gasteiger partial charge in [-0.1, -0.05) is 6.92 Å². The number of hydrogen-bond acceptors (Lipinski definition) is 3. The van der Waals surface area contributed by atoms with Crippen molar-refractivity contribution in [2.75, 3.05) is 5.32 Å². The fourth-order valence-corrected chi connectivity index (χ4v) is 2.81. The van der Waals surface area contributed by atoms with E-state index in [0.717, 1.165) is 22.9 Å². The molecule has 1 amide bonds. The van der Waals surface area contributed by atoms with Crippen molar-refractivity contribution in [3.05, 3.63) is 53.5 Å². The summed E-state index contributed by atoms with van der Waals surface area (Å²) in [5.74, 6) is -0.257. The zero-order valence-electron chi connectivity index (χ0n) is 12.9. The molecule has 6 nitrogen and oxygen atoms in total. The number of rotatable bonds is 3. The average Bonchev–Trinajstić information content (AvgIpc) is 3.20. The van der Waals surface area contributed by atoms with Gasteiger partial charge in [-0.3, -0.25) is 15.0 Å². The minimum atomic E-state index is -0.359. The average molecular weight is 323 g/mol. The molecule has 0 fully saturated rings. The van der Waals surface area contributed by atoms with Gasteiger partial charge in [-0.2, -0.15) is 10.2 Å². The summed E-state index contributed by atoms with van der Waals surface area (Å²) in [6.45, 7) is 2.02. The molecule has 4 aromatic rings. The molecule has 0 spiro atoms. The largest absolute Gasteiger partial charge is 0.305 e. The van der Waals surface area contributed by atoms with Crippen molar-refractivity contribution in [1.29, 1.82) is 0 Å². The van der Waals surface area contributed by atoms with Crippen LogP contribution in [0.3, 0.4) is 0 Å². The maximum atomic E-state index is 13.2. The van der Waals surface area contributed by atoms with Crippen molar-refractivity contribution in [2.45, 2.75) is 13.3 Å². The molecule has 0 unspecified atom stereocenters. The van der Waals surface area contributed by atoms with E-state index in [1.807, 2.05) is 13.0 Å². The van der Waals surface area contributed by atoms with E-state index in [1.54, 1.807) is 18.3 Å². The topological polar surface area (TPSA) is 86.5 Å². The maximum Gasteiger partial charge on any atom is 0.256 e. The summed E-state index contributed by atoms with van der Waals surface area (Å²) in [6.07, 6.45) is 2.47. The fourth-order valence-electron chi connectivity index (χ4n) is 2.81. The van der Waals surface area contributed by atoms with Crippen molar-refractivity contribution in [3.63, 3.8) is 0 Å². The zero-order valence-corrected chi connectivity index (χ0v) is 12.9. The molecule has 4 rings (SSSR count). The normalized spacial score (nSPS) is 11.2. The summed E-state index contributed by atoms with van der Waals surface area (Å²) in [7, 11) is 0. The first kappa shape index (κ1) is 14.4. The second kappa shape index (κ2) is 5.45. The van der Waals surface area contributed by atoms with Gasteiger partial charge in [0.25, 0.3) is 5.91 Å². The Labute approximate surface area is 136 Å². The molecule has 2 heterocycles. The first-order chi connectivity index (χ1) is 11.7. The molecule has 2 aromatic heterocycles. The zero-order chi connectivity index (χ0) is 16.7. The van der Waals surface area contributed by atoms with Crippen molar-refractivity contribution < 1.29 is 9.18 Å². The molecule has 0 bridgehead atoms. The summed E-state index contributed by atoms with van der Waals surface area (Å²) >= 11 is 0. The summed E-state index contributed by atoms with van der Waals surface area (Å²) in [6, 6.07) is 7.87. The van der Waals surface area contributed by atoms with Crippen LogP contribution in [0.5, 0.6) is 0 Å². The van der Waals surface area contributed by atoms with Gasteiger partial charge in [-0.15, -0.1) is 0 Å². The van der Waals surface area contributed by atoms with Crippen LogP contribution in [0.1, 0.15) is 22.8 Å². The standard InChI is InChI=1S/C17H14FN5O/c1-2-9-5-10(6-11-8-19-22-15(9)11)17(24)20-16-13-4-3-12(18)7-14(13)21-23-16/h3-8H,2H2,1H3,(H,19,22)(H2,20,21,23,24). The lowest BCUT2D eigenvalue weighted by Gasteiger charge is -2.06. The smallest absolute Gasteiger partial charge is 0.256 e. The van der Waals surface area contributed by atoms with Crippen molar-refractivity contribution in [2.24, 2.45) is 0 Å². The first-order valence-corrected chi connectivity index (χ1v) is 7.56. The van der Waals surface area contributed by atoms with Crippen molar-refractivity contribution in [3.8, 4) is 0 Å². The molecule has 3 N–H and O–H groups in total. The molecule has 0 aliphatic heterocycles. The highest BCUT2D eigenvalue weighted by molar-refractivity contribution is 6.09. The number of benzene rings is 2. The van der Waals surface area contributed by atoms with Gasteiger partial charge in [0.15, 0.2) is 5.82 Å². The number of aromatic nitrogens is 4. The molecule has 0 saturated carbocycles. The van der Waals surface area contributed by atoms with Gasteiger partial charge in [0, 0.05) is 16.3 Å². The van der Waals surface area contributed by atoms with Crippen LogP contribution in [-0.4, -0.2) is 26.3 Å². The third-order valence-corrected chi connectivity index (χ3v) is 4.03. The van der Waals surface area contributed by atoms with Gasteiger partial charge in [0.1, 0.15) is 5.82 Å². The van der Waals surface area contributed by atoms with E-state index in [-0.39, 0.29) is 11.7 Å². The van der Waals surface area contributed by atoms with E-state index in [1.165, 1.54) is 12.1 Å². The van der Waals surface area contributed by atoms with Crippen molar-refractivity contribution >= 4 is 33.5 Å². The Hall–Kier alpha value is -3.22. The van der Waals surface area contributed by atoms with E-state index in [2.05, 4.69) is 25.7 Å². The monoisotopic (exact) mass is 323 g/mol. The first-order valence-electron chi connectivity index (χ1n) is 7.56. The Morgan fingerprint density at radius 2 is 2.12 bits per heavy atom. The molecular weight excluding hydrogens is 309 g/mol. The number of carbonyl (C=O) groups is 1. The number of halogens is 1. The van der Waals surface area contributed by atoms with Gasteiger partial charge >= 0.3 is 0 Å². The lowest BCUT2D eigenvalue weighted by Crippen LogP contribution is -2.12. The Kier molecular flexibility index (Phi) is 3.26. The summed E-state index contributed by atoms with van der Waals surface area (Å²) < 4.78 is 13.2. The number of fused-ring (bicyclic) bond motifs is 2. The summed E-state index contributed by atoms with van der Waals surface area (Å²) in [5, 5.41) is 18.1. The third-order valence-electron chi connectivity index (χ3n) is 4.03. The number of nitrogens with one attached hydrogen (secondary N) is 3. The number of carbonyl (C=O) groups excluding carboxylic acids is 1. The Bertz CT molecular complexity index is 1070. The quantitative estimate of drug-likeness (QED) is 0.540. The van der Waals surface area contributed by atoms with E-state index >= 15 is 0 Å². The second-order valence-electron chi connectivity index (χ2n) is 5.54. The van der Waals surface area contributed by atoms with E-state index < -0.39 is 0 Å². The van der Waals surface area contributed by atoms with Crippen LogP contribution in [0.2, 0.25) is 0 Å². The minimum Gasteiger partial charge on any atom is -0.305 e. The van der Waals surface area contributed by atoms with Crippen LogP contribution in [0.4, 0.5) is 10.2 Å². The molecular formula is C17H14FN5O. The summed E-state index contributed by atoms with van der Waals surface area (Å²) in [4.78, 5) is 12.6.